The zero-order chi connectivity index (χ0) is 57.5. The van der Waals surface area contributed by atoms with Crippen LogP contribution in [0.3, 0.4) is 0 Å². The van der Waals surface area contributed by atoms with Crippen LogP contribution >= 0.6 is 0 Å². The smallest absolute Gasteiger partial charge is 0.338 e. The number of amides is 4. The number of hydrogen-bond donors (Lipinski definition) is 8. The van der Waals surface area contributed by atoms with Gasteiger partial charge in [-0.25, -0.2) is 9.59 Å². The topological polar surface area (TPSA) is 368 Å². The summed E-state index contributed by atoms with van der Waals surface area (Å²) >= 11 is 0. The Morgan fingerprint density at radius 2 is 1.43 bits per heavy atom. The first-order valence-corrected chi connectivity index (χ1v) is 26.0. The molecule has 4 amide bonds. The van der Waals surface area contributed by atoms with Gasteiger partial charge in [-0.15, -0.1) is 0 Å². The minimum atomic E-state index is -1.50. The Morgan fingerprint density at radius 1 is 0.759 bits per heavy atom. The van der Waals surface area contributed by atoms with E-state index in [0.717, 1.165) is 24.5 Å². The molecule has 0 bridgehead atoms. The van der Waals surface area contributed by atoms with Crippen LogP contribution in [-0.4, -0.2) is 163 Å². The highest BCUT2D eigenvalue weighted by Crippen LogP contribution is 2.29. The summed E-state index contributed by atoms with van der Waals surface area (Å²) in [7, 11) is 1.43. The fourth-order valence-corrected chi connectivity index (χ4v) is 7.20. The van der Waals surface area contributed by atoms with Crippen LogP contribution in [0.2, 0.25) is 0 Å². The zero-order valence-corrected chi connectivity index (χ0v) is 45.1. The first-order valence-electron chi connectivity index (χ1n) is 26.0. The number of carbonyl (C=O) groups is 7. The summed E-state index contributed by atoms with van der Waals surface area (Å²) in [6.07, 6.45) is 5.06. The van der Waals surface area contributed by atoms with Crippen LogP contribution in [-0.2, 0) is 54.3 Å². The lowest BCUT2D eigenvalue weighted by atomic mass is 10.0. The fourth-order valence-electron chi connectivity index (χ4n) is 7.20. The van der Waals surface area contributed by atoms with Gasteiger partial charge in [-0.1, -0.05) is 45.4 Å². The molecule has 2 heterocycles. The molecule has 79 heavy (non-hydrogen) atoms. The number of nitrogen functional groups attached to an aromatic ring is 1. The lowest BCUT2D eigenvalue weighted by Crippen LogP contribution is -2.55. The van der Waals surface area contributed by atoms with E-state index >= 15 is 0 Å². The molecule has 26 nitrogen and oxygen atoms in total. The van der Waals surface area contributed by atoms with Crippen molar-refractivity contribution in [2.75, 3.05) is 85.3 Å². The predicted molar refractivity (Wildman–Crippen MR) is 287 cm³/mol. The van der Waals surface area contributed by atoms with Crippen molar-refractivity contribution in [2.24, 2.45) is 11.7 Å². The van der Waals surface area contributed by atoms with E-state index in [9.17, 15) is 38.7 Å². The molecule has 0 saturated heterocycles. The molecule has 0 spiro atoms. The number of hydrogen-bond acceptors (Lipinski definition) is 20. The highest BCUT2D eigenvalue weighted by Gasteiger charge is 2.30. The standard InChI is InChI=1S/C53H74N10O16/c1-5-6-25-78-52-61-47(55)46-48(62-52)63(53(72)60-46)33-36-11-15-37(16-12-36)49(69)57-22-9-24-75-28-30-76-29-27-74-23-8-21-56-41(64)10-7-26-77-39-18-13-35(31-40(39)73-4)14-20-44(68)79-51(71)38(17-19-43(66)67)58-50(70)45(34(2)3)59-42(65)32-54/h11-16,18,20,31,34,38,45H,5-10,17,19,21-30,32-33,54H2,1-4H3,(H,56,64)(H,57,69)(H,58,70)(H,59,65)(H,60,72)(H,66,67)(H2,55,61,62)/b20-14+. The van der Waals surface area contributed by atoms with Gasteiger partial charge in [-0.05, 0) is 79.5 Å². The highest BCUT2D eigenvalue weighted by atomic mass is 16.6. The Balaban J connectivity index is 1.00. The number of nitrogens with zero attached hydrogens (tertiary/aromatic N) is 4. The van der Waals surface area contributed by atoms with E-state index in [2.05, 4.69) is 36.2 Å². The quantitative estimate of drug-likeness (QED) is 0.0138. The van der Waals surface area contributed by atoms with Gasteiger partial charge in [0.15, 0.2) is 28.5 Å². The highest BCUT2D eigenvalue weighted by molar-refractivity contribution is 5.98. The summed E-state index contributed by atoms with van der Waals surface area (Å²) in [6, 6.07) is 9.03. The molecule has 432 valence electrons. The van der Waals surface area contributed by atoms with Crippen LogP contribution in [0.5, 0.6) is 23.5 Å². The molecule has 2 atom stereocenters. The average Bonchev–Trinajstić information content (AvgIpc) is 3.95. The first kappa shape index (κ1) is 63.6. The number of nitrogens with two attached hydrogens (primary N) is 2. The molecule has 26 heteroatoms. The van der Waals surface area contributed by atoms with Gasteiger partial charge in [-0.3, -0.25) is 28.5 Å². The van der Waals surface area contributed by atoms with Crippen molar-refractivity contribution in [3.05, 3.63) is 65.2 Å². The monoisotopic (exact) mass is 1110 g/mol. The lowest BCUT2D eigenvalue weighted by Gasteiger charge is -2.24. The largest absolute Gasteiger partial charge is 0.493 e. The summed E-state index contributed by atoms with van der Waals surface area (Å²) in [5.74, 6) is -4.87. The number of anilines is 1. The molecule has 10 N–H and O–H groups in total. The third-order valence-corrected chi connectivity index (χ3v) is 11.5. The van der Waals surface area contributed by atoms with E-state index in [-0.39, 0.29) is 67.7 Å². The number of carbonyl (C=O) groups excluding carboxylic acids is 6. The van der Waals surface area contributed by atoms with Gasteiger partial charge < -0.3 is 76.1 Å². The van der Waals surface area contributed by atoms with Crippen molar-refractivity contribution in [2.45, 2.75) is 90.8 Å². The second-order valence-corrected chi connectivity index (χ2v) is 18.0. The lowest BCUT2D eigenvalue weighted by molar-refractivity contribution is -0.159. The number of aliphatic carboxylic acids is 1. The maximum absolute atomic E-state index is 12.9. The van der Waals surface area contributed by atoms with E-state index in [1.807, 2.05) is 6.92 Å². The Labute approximate surface area is 457 Å². The van der Waals surface area contributed by atoms with Crippen molar-refractivity contribution in [1.82, 2.24) is 40.8 Å². The molecule has 2 aromatic carbocycles. The minimum absolute atomic E-state index is 0.105. The van der Waals surface area contributed by atoms with Crippen LogP contribution < -0.4 is 46.9 Å². The number of fused-ring (bicyclic) bond motifs is 1. The second kappa shape index (κ2) is 34.7. The van der Waals surface area contributed by atoms with Gasteiger partial charge in [0.05, 0.1) is 59.8 Å². The molecular formula is C53H74N10O16. The number of aromatic nitrogens is 4. The number of carboxylic acid groups (broad SMARTS) is 1. The Bertz CT molecular complexity index is 2650. The number of ether oxygens (including phenoxy) is 7. The van der Waals surface area contributed by atoms with Gasteiger partial charge in [0.1, 0.15) is 12.1 Å². The third-order valence-electron chi connectivity index (χ3n) is 11.5. The molecule has 2 unspecified atom stereocenters. The number of benzene rings is 2. The molecule has 0 aliphatic carbocycles. The van der Waals surface area contributed by atoms with Gasteiger partial charge in [0, 0.05) is 50.8 Å². The van der Waals surface area contributed by atoms with E-state index in [0.29, 0.717) is 107 Å². The molecule has 0 aliphatic heterocycles. The number of unbranched alkanes of at least 4 members (excludes halogenated alkanes) is 1. The van der Waals surface area contributed by atoms with E-state index in [4.69, 9.17) is 49.7 Å². The van der Waals surface area contributed by atoms with Gasteiger partial charge in [-0.2, -0.15) is 15.0 Å². The molecular weight excluding hydrogens is 1030 g/mol. The molecule has 4 aromatic rings. The number of rotatable bonds is 38. The second-order valence-electron chi connectivity index (χ2n) is 18.0. The molecule has 0 radical (unpaired) electrons. The van der Waals surface area contributed by atoms with Crippen LogP contribution in [0.4, 0.5) is 5.82 Å². The van der Waals surface area contributed by atoms with Crippen LogP contribution in [0.25, 0.3) is 17.2 Å². The van der Waals surface area contributed by atoms with Crippen molar-refractivity contribution < 1.29 is 76.9 Å². The van der Waals surface area contributed by atoms with Crippen LogP contribution in [0, 0.1) is 5.92 Å². The minimum Gasteiger partial charge on any atom is -0.493 e. The Morgan fingerprint density at radius 3 is 2.08 bits per heavy atom. The average molecular weight is 1110 g/mol. The van der Waals surface area contributed by atoms with E-state index in [1.54, 1.807) is 56.3 Å². The molecule has 4 rings (SSSR count). The van der Waals surface area contributed by atoms with Gasteiger partial charge in [0.2, 0.25) is 17.7 Å². The molecule has 0 aliphatic rings. The SMILES string of the molecule is CCCCOc1nc(N)c2nc(O)n(Cc3ccc(C(=O)NCCCOCCOCCOCCCNC(=O)CCCOc4ccc(/C=C/C(=O)OC(=O)C(CCC(=O)O)NC(=O)C(NC(=O)CN)C(C)C)cc4OC)cc3)c2n1. The van der Waals surface area contributed by atoms with Crippen LogP contribution in [0.1, 0.15) is 93.6 Å². The summed E-state index contributed by atoms with van der Waals surface area (Å²) in [4.78, 5) is 99.1. The fraction of sp³-hybridized carbons (Fsp3) is 0.509. The predicted octanol–water partition coefficient (Wildman–Crippen LogP) is 2.42. The normalized spacial score (nSPS) is 12.0. The van der Waals surface area contributed by atoms with Crippen molar-refractivity contribution in [1.29, 1.82) is 0 Å². The summed E-state index contributed by atoms with van der Waals surface area (Å²) in [6.45, 7) is 9.11. The number of imidazole rings is 1. The van der Waals surface area contributed by atoms with Gasteiger partial charge >= 0.3 is 23.9 Å². The third kappa shape index (κ3) is 22.9. The Kier molecular flexibility index (Phi) is 28.0. The number of esters is 2. The molecule has 0 fully saturated rings. The molecule has 2 aromatic heterocycles. The van der Waals surface area contributed by atoms with E-state index in [1.165, 1.54) is 17.8 Å². The van der Waals surface area contributed by atoms with Crippen LogP contribution in [0.15, 0.2) is 48.5 Å². The maximum Gasteiger partial charge on any atom is 0.338 e. The number of methoxy groups -OCH3 is 1. The first-order chi connectivity index (χ1) is 38.0. The number of nitrogens with one attached hydrogen (secondary N) is 4. The molecule has 0 saturated carbocycles. The van der Waals surface area contributed by atoms with Crippen molar-refractivity contribution in [3.8, 4) is 23.5 Å². The van der Waals surface area contributed by atoms with E-state index < -0.39 is 54.1 Å². The van der Waals surface area contributed by atoms with Crippen molar-refractivity contribution >= 4 is 64.6 Å². The zero-order valence-electron chi connectivity index (χ0n) is 45.1. The summed E-state index contributed by atoms with van der Waals surface area (Å²) in [5, 5.41) is 30.2. The summed E-state index contributed by atoms with van der Waals surface area (Å²) < 4.78 is 40.0. The maximum atomic E-state index is 12.9. The number of carboxylic acids is 1. The Hall–Kier alpha value is -7.94. The number of aromatic hydroxyl groups is 1. The van der Waals surface area contributed by atoms with Gasteiger partial charge in [0.25, 0.3) is 11.9 Å². The van der Waals surface area contributed by atoms with Crippen molar-refractivity contribution in [3.63, 3.8) is 0 Å². The summed E-state index contributed by atoms with van der Waals surface area (Å²) in [5.41, 5.74) is 13.8.